The molecular weight excluding hydrogens is 266 g/mol. The Kier molecular flexibility index (Phi) is 3.22. The predicted octanol–water partition coefficient (Wildman–Crippen LogP) is 2.47. The van der Waals surface area contributed by atoms with E-state index in [0.29, 0.717) is 4.99 Å². The molecule has 3 nitrogen and oxygen atoms in total. The van der Waals surface area contributed by atoms with Gasteiger partial charge < -0.3 is 10.6 Å². The van der Waals surface area contributed by atoms with Gasteiger partial charge in [-0.2, -0.15) is 0 Å². The lowest BCUT2D eigenvalue weighted by Crippen LogP contribution is -2.30. The summed E-state index contributed by atoms with van der Waals surface area (Å²) < 4.78 is 0. The van der Waals surface area contributed by atoms with Gasteiger partial charge in [-0.15, -0.1) is 0 Å². The van der Waals surface area contributed by atoms with Crippen LogP contribution in [0.25, 0.3) is 10.9 Å². The molecule has 0 fully saturated rings. The maximum atomic E-state index is 6.02. The van der Waals surface area contributed by atoms with Gasteiger partial charge in [0.15, 0.2) is 0 Å². The molecule has 0 atom stereocenters. The van der Waals surface area contributed by atoms with Gasteiger partial charge in [0, 0.05) is 36.2 Å². The average Bonchev–Trinajstić information content (AvgIpc) is 2.37. The lowest BCUT2D eigenvalue weighted by Gasteiger charge is -2.27. The third-order valence-electron chi connectivity index (χ3n) is 4.19. The zero-order valence-corrected chi connectivity index (χ0v) is 13.0. The zero-order valence-electron chi connectivity index (χ0n) is 12.2. The second-order valence-electron chi connectivity index (χ2n) is 5.72. The van der Waals surface area contributed by atoms with Crippen LogP contribution in [0.5, 0.6) is 0 Å². The molecule has 2 aromatic rings. The van der Waals surface area contributed by atoms with Crippen LogP contribution in [0.2, 0.25) is 0 Å². The van der Waals surface area contributed by atoms with Crippen molar-refractivity contribution in [1.29, 1.82) is 0 Å². The minimum absolute atomic E-state index is 0.479. The zero-order chi connectivity index (χ0) is 14.4. The van der Waals surface area contributed by atoms with Crippen molar-refractivity contribution in [2.24, 2.45) is 5.73 Å². The van der Waals surface area contributed by atoms with E-state index in [2.05, 4.69) is 37.9 Å². The fourth-order valence-corrected chi connectivity index (χ4v) is 3.15. The Morgan fingerprint density at radius 2 is 2.00 bits per heavy atom. The number of hydrogen-bond donors (Lipinski definition) is 1. The van der Waals surface area contributed by atoms with Crippen molar-refractivity contribution < 1.29 is 0 Å². The number of nitrogens with two attached hydrogens (primary N) is 1. The molecule has 104 valence electrons. The Morgan fingerprint density at radius 1 is 1.30 bits per heavy atom. The van der Waals surface area contributed by atoms with Crippen LogP contribution in [0.4, 0.5) is 0 Å². The number of fused-ring (bicyclic) bond motifs is 2. The highest BCUT2D eigenvalue weighted by Crippen LogP contribution is 2.29. The topological polar surface area (TPSA) is 42.1 Å². The van der Waals surface area contributed by atoms with Crippen molar-refractivity contribution in [2.75, 3.05) is 13.6 Å². The van der Waals surface area contributed by atoms with Crippen molar-refractivity contribution in [3.05, 3.63) is 40.1 Å². The quantitative estimate of drug-likeness (QED) is 0.817. The highest BCUT2D eigenvalue weighted by Gasteiger charge is 2.22. The van der Waals surface area contributed by atoms with Crippen LogP contribution < -0.4 is 5.73 Å². The third kappa shape index (κ3) is 2.09. The fourth-order valence-electron chi connectivity index (χ4n) is 2.92. The number of likely N-dealkylation sites (N-methyl/N-ethyl adjacent to an activating group) is 1. The van der Waals surface area contributed by atoms with Crippen LogP contribution in [0.1, 0.15) is 27.9 Å². The van der Waals surface area contributed by atoms with E-state index in [9.17, 15) is 0 Å². The molecule has 0 radical (unpaired) electrons. The summed E-state index contributed by atoms with van der Waals surface area (Å²) in [4.78, 5) is 7.62. The Bertz CT molecular complexity index is 721. The highest BCUT2D eigenvalue weighted by molar-refractivity contribution is 7.80. The van der Waals surface area contributed by atoms with Gasteiger partial charge in [0.05, 0.1) is 5.52 Å². The normalized spacial score (nSPS) is 15.3. The van der Waals surface area contributed by atoms with Crippen molar-refractivity contribution in [3.8, 4) is 0 Å². The van der Waals surface area contributed by atoms with Crippen molar-refractivity contribution in [2.45, 2.75) is 26.8 Å². The number of aryl methyl sites for hydroxylation is 2. The van der Waals surface area contributed by atoms with Gasteiger partial charge in [-0.05, 0) is 49.7 Å². The van der Waals surface area contributed by atoms with E-state index in [1.165, 1.54) is 16.7 Å². The van der Waals surface area contributed by atoms with E-state index >= 15 is 0 Å². The second-order valence-corrected chi connectivity index (χ2v) is 6.16. The molecule has 0 saturated carbocycles. The van der Waals surface area contributed by atoms with E-state index in [1.807, 2.05) is 0 Å². The number of thiocarbonyl (C=S) groups is 1. The van der Waals surface area contributed by atoms with Gasteiger partial charge >= 0.3 is 0 Å². The molecule has 2 N–H and O–H groups in total. The molecule has 1 aliphatic rings. The van der Waals surface area contributed by atoms with E-state index in [4.69, 9.17) is 22.9 Å². The number of benzene rings is 1. The van der Waals surface area contributed by atoms with Crippen molar-refractivity contribution in [3.63, 3.8) is 0 Å². The number of pyridine rings is 1. The van der Waals surface area contributed by atoms with E-state index in [0.717, 1.165) is 41.7 Å². The molecule has 1 aromatic carbocycles. The summed E-state index contributed by atoms with van der Waals surface area (Å²) in [5.41, 5.74) is 12.9. The van der Waals surface area contributed by atoms with Gasteiger partial charge in [0.2, 0.25) is 0 Å². The molecule has 20 heavy (non-hydrogen) atoms. The monoisotopic (exact) mass is 285 g/mol. The van der Waals surface area contributed by atoms with Gasteiger partial charge in [0.25, 0.3) is 0 Å². The molecule has 0 unspecified atom stereocenters. The minimum Gasteiger partial charge on any atom is -0.389 e. The molecular formula is C16H19N3S. The Balaban J connectivity index is 2.39. The molecule has 0 amide bonds. The lowest BCUT2D eigenvalue weighted by molar-refractivity contribution is 0.310. The first-order valence-corrected chi connectivity index (χ1v) is 7.29. The summed E-state index contributed by atoms with van der Waals surface area (Å²) in [6, 6.07) is 4.31. The summed E-state index contributed by atoms with van der Waals surface area (Å²) in [7, 11) is 2.12. The van der Waals surface area contributed by atoms with Gasteiger partial charge in [-0.25, -0.2) is 0 Å². The molecule has 3 rings (SSSR count). The van der Waals surface area contributed by atoms with Gasteiger partial charge in [0.1, 0.15) is 4.99 Å². The van der Waals surface area contributed by atoms with E-state index < -0.39 is 0 Å². The number of rotatable bonds is 1. The first kappa shape index (κ1) is 13.5. The number of nitrogens with zero attached hydrogens (tertiary/aromatic N) is 2. The maximum Gasteiger partial charge on any atom is 0.105 e. The lowest BCUT2D eigenvalue weighted by atomic mass is 9.94. The molecule has 0 bridgehead atoms. The van der Waals surface area contributed by atoms with Gasteiger partial charge in [-0.3, -0.25) is 4.98 Å². The molecule has 0 spiro atoms. The van der Waals surface area contributed by atoms with Crippen LogP contribution >= 0.6 is 12.2 Å². The summed E-state index contributed by atoms with van der Waals surface area (Å²) in [5, 5.41) is 1.09. The van der Waals surface area contributed by atoms with E-state index in [1.54, 1.807) is 0 Å². The largest absolute Gasteiger partial charge is 0.389 e. The molecule has 0 saturated heterocycles. The standard InChI is InChI=1S/C16H19N3S/c1-9-6-11-14(7-10(9)2)18-13-4-5-19(3)8-12(13)15(11)16(17)20/h6-7H,4-5,8H2,1-3H3,(H2,17,20). The van der Waals surface area contributed by atoms with Crippen LogP contribution in [-0.2, 0) is 13.0 Å². The Morgan fingerprint density at radius 3 is 2.70 bits per heavy atom. The SMILES string of the molecule is Cc1cc2nc3c(c(C(N)=S)c2cc1C)CN(C)CC3. The molecule has 0 aliphatic carbocycles. The summed E-state index contributed by atoms with van der Waals surface area (Å²) in [6.07, 6.45) is 0.963. The second kappa shape index (κ2) is 4.79. The summed E-state index contributed by atoms with van der Waals surface area (Å²) >= 11 is 5.32. The maximum absolute atomic E-state index is 6.02. The molecule has 4 heteroatoms. The van der Waals surface area contributed by atoms with Gasteiger partial charge in [-0.1, -0.05) is 12.2 Å². The Labute approximate surface area is 124 Å². The van der Waals surface area contributed by atoms with E-state index in [-0.39, 0.29) is 0 Å². The molecule has 2 heterocycles. The number of hydrogen-bond acceptors (Lipinski definition) is 3. The van der Waals surface area contributed by atoms with Crippen LogP contribution in [0.3, 0.4) is 0 Å². The Hall–Kier alpha value is -1.52. The highest BCUT2D eigenvalue weighted by atomic mass is 32.1. The molecule has 1 aliphatic heterocycles. The van der Waals surface area contributed by atoms with Crippen LogP contribution in [-0.4, -0.2) is 28.5 Å². The minimum atomic E-state index is 0.479. The van der Waals surface area contributed by atoms with Crippen LogP contribution in [0.15, 0.2) is 12.1 Å². The summed E-state index contributed by atoms with van der Waals surface area (Å²) in [5.74, 6) is 0. The smallest absolute Gasteiger partial charge is 0.105 e. The van der Waals surface area contributed by atoms with Crippen molar-refractivity contribution in [1.82, 2.24) is 9.88 Å². The van der Waals surface area contributed by atoms with Crippen LogP contribution in [0, 0.1) is 13.8 Å². The first-order valence-electron chi connectivity index (χ1n) is 6.88. The summed E-state index contributed by atoms with van der Waals surface area (Å²) in [6.45, 7) is 6.14. The molecule has 1 aromatic heterocycles. The number of aromatic nitrogens is 1. The predicted molar refractivity (Wildman–Crippen MR) is 87.1 cm³/mol. The third-order valence-corrected chi connectivity index (χ3v) is 4.40. The average molecular weight is 285 g/mol. The fraction of sp³-hybridized carbons (Fsp3) is 0.375. The first-order chi connectivity index (χ1) is 9.47. The van der Waals surface area contributed by atoms with Crippen molar-refractivity contribution >= 4 is 28.1 Å².